The van der Waals surface area contributed by atoms with Gasteiger partial charge in [-0.3, -0.25) is 0 Å². The molecule has 2 rings (SSSR count). The van der Waals surface area contributed by atoms with Crippen LogP contribution in [0.15, 0.2) is 28.7 Å². The van der Waals surface area contributed by atoms with Gasteiger partial charge in [-0.25, -0.2) is 9.97 Å². The van der Waals surface area contributed by atoms with Crippen molar-refractivity contribution in [2.24, 2.45) is 0 Å². The Kier molecular flexibility index (Phi) is 4.37. The number of halogens is 1. The first kappa shape index (κ1) is 13.8. The smallest absolute Gasteiger partial charge is 0.161 e. The summed E-state index contributed by atoms with van der Waals surface area (Å²) >= 11 is 3.49. The van der Waals surface area contributed by atoms with Crippen LogP contribution in [0.4, 0.5) is 5.82 Å². The molecule has 0 aliphatic rings. The molecule has 0 aliphatic heterocycles. The molecule has 5 heteroatoms. The number of benzene rings is 1. The fourth-order valence-corrected chi connectivity index (χ4v) is 2.01. The molecule has 0 amide bonds. The van der Waals surface area contributed by atoms with Crippen LogP contribution in [-0.4, -0.2) is 21.6 Å². The topological polar surface area (TPSA) is 58.0 Å². The van der Waals surface area contributed by atoms with Crippen molar-refractivity contribution in [2.45, 2.75) is 20.3 Å². The largest absolute Gasteiger partial charge is 0.508 e. The molecule has 0 bridgehead atoms. The average molecular weight is 322 g/mol. The molecule has 100 valence electrons. The number of aromatic nitrogens is 2. The first-order valence-corrected chi connectivity index (χ1v) is 6.98. The van der Waals surface area contributed by atoms with Gasteiger partial charge in [0, 0.05) is 12.1 Å². The van der Waals surface area contributed by atoms with Crippen molar-refractivity contribution >= 4 is 21.7 Å². The Balaban J connectivity index is 2.44. The van der Waals surface area contributed by atoms with Gasteiger partial charge in [0.15, 0.2) is 5.82 Å². The quantitative estimate of drug-likeness (QED) is 0.900. The van der Waals surface area contributed by atoms with Gasteiger partial charge in [0.2, 0.25) is 0 Å². The number of nitrogens with one attached hydrogen (secondary N) is 1. The van der Waals surface area contributed by atoms with Crippen molar-refractivity contribution in [1.29, 1.82) is 0 Å². The van der Waals surface area contributed by atoms with Crippen LogP contribution in [0.5, 0.6) is 5.75 Å². The van der Waals surface area contributed by atoms with Crippen LogP contribution in [0.3, 0.4) is 0 Å². The van der Waals surface area contributed by atoms with Gasteiger partial charge in [0.25, 0.3) is 0 Å². The van der Waals surface area contributed by atoms with Crippen molar-refractivity contribution < 1.29 is 5.11 Å². The summed E-state index contributed by atoms with van der Waals surface area (Å²) in [6.07, 6.45) is 1.02. The van der Waals surface area contributed by atoms with E-state index in [-0.39, 0.29) is 5.75 Å². The normalized spacial score (nSPS) is 10.5. The summed E-state index contributed by atoms with van der Waals surface area (Å²) in [5.74, 6) is 1.60. The number of phenolic OH excluding ortho intramolecular Hbond substituents is 1. The Bertz CT molecular complexity index is 587. The Labute approximate surface area is 121 Å². The number of aromatic hydroxyl groups is 1. The van der Waals surface area contributed by atoms with Gasteiger partial charge in [-0.05, 0) is 41.4 Å². The van der Waals surface area contributed by atoms with E-state index in [4.69, 9.17) is 0 Å². The minimum Gasteiger partial charge on any atom is -0.508 e. The summed E-state index contributed by atoms with van der Waals surface area (Å²) in [6, 6.07) is 6.95. The maximum absolute atomic E-state index is 9.53. The van der Waals surface area contributed by atoms with Gasteiger partial charge in [0.1, 0.15) is 11.6 Å². The molecule has 0 fully saturated rings. The second-order valence-electron chi connectivity index (χ2n) is 4.27. The lowest BCUT2D eigenvalue weighted by Gasteiger charge is -2.10. The number of aryl methyl sites for hydroxylation is 1. The van der Waals surface area contributed by atoms with E-state index in [9.17, 15) is 5.11 Å². The van der Waals surface area contributed by atoms with E-state index in [1.165, 1.54) is 0 Å². The highest BCUT2D eigenvalue weighted by atomic mass is 79.9. The van der Waals surface area contributed by atoms with Crippen molar-refractivity contribution in [3.63, 3.8) is 0 Å². The minimum atomic E-state index is 0.213. The van der Waals surface area contributed by atoms with Crippen LogP contribution in [0, 0.1) is 6.92 Å². The maximum Gasteiger partial charge on any atom is 0.161 e. The zero-order valence-electron chi connectivity index (χ0n) is 10.9. The molecule has 0 saturated carbocycles. The summed E-state index contributed by atoms with van der Waals surface area (Å²) in [7, 11) is 0. The average Bonchev–Trinajstić information content (AvgIpc) is 2.40. The molecule has 2 aromatic rings. The van der Waals surface area contributed by atoms with Gasteiger partial charge in [-0.2, -0.15) is 0 Å². The number of hydrogen-bond donors (Lipinski definition) is 2. The zero-order valence-corrected chi connectivity index (χ0v) is 12.5. The highest BCUT2D eigenvalue weighted by Crippen LogP contribution is 2.27. The Morgan fingerprint density at radius 2 is 2.11 bits per heavy atom. The number of phenols is 1. The summed E-state index contributed by atoms with van der Waals surface area (Å²) < 4.78 is 0.879. The maximum atomic E-state index is 9.53. The molecule has 1 aromatic carbocycles. The molecule has 4 nitrogen and oxygen atoms in total. The molecule has 1 heterocycles. The second-order valence-corrected chi connectivity index (χ2v) is 5.07. The van der Waals surface area contributed by atoms with E-state index < -0.39 is 0 Å². The molecule has 0 unspecified atom stereocenters. The Morgan fingerprint density at radius 1 is 1.32 bits per heavy atom. The zero-order chi connectivity index (χ0) is 13.8. The van der Waals surface area contributed by atoms with Gasteiger partial charge in [-0.15, -0.1) is 0 Å². The molecular weight excluding hydrogens is 306 g/mol. The number of hydrogen-bond acceptors (Lipinski definition) is 4. The highest BCUT2D eigenvalue weighted by Gasteiger charge is 2.10. The molecule has 0 atom stereocenters. The fraction of sp³-hybridized carbons (Fsp3) is 0.286. The SMILES string of the molecule is CCCNc1nc(-c2cccc(O)c2)nc(C)c1Br. The summed E-state index contributed by atoms with van der Waals surface area (Å²) in [5, 5.41) is 12.8. The first-order chi connectivity index (χ1) is 9.11. The summed E-state index contributed by atoms with van der Waals surface area (Å²) in [6.45, 7) is 4.88. The van der Waals surface area contributed by atoms with Crippen LogP contribution < -0.4 is 5.32 Å². The first-order valence-electron chi connectivity index (χ1n) is 6.19. The lowest BCUT2D eigenvalue weighted by Crippen LogP contribution is -2.06. The van der Waals surface area contributed by atoms with Gasteiger partial charge in [0.05, 0.1) is 10.2 Å². The standard InChI is InChI=1S/C14H16BrN3O/c1-3-7-16-14-12(15)9(2)17-13(18-14)10-5-4-6-11(19)8-10/h4-6,8,19H,3,7H2,1-2H3,(H,16,17,18). The molecule has 0 saturated heterocycles. The monoisotopic (exact) mass is 321 g/mol. The fourth-order valence-electron chi connectivity index (χ4n) is 1.69. The van der Waals surface area contributed by atoms with Crippen LogP contribution in [0.2, 0.25) is 0 Å². The van der Waals surface area contributed by atoms with E-state index in [0.717, 1.165) is 34.5 Å². The molecule has 1 aromatic heterocycles. The highest BCUT2D eigenvalue weighted by molar-refractivity contribution is 9.10. The van der Waals surface area contributed by atoms with Crippen LogP contribution in [0.25, 0.3) is 11.4 Å². The van der Waals surface area contributed by atoms with E-state index in [0.29, 0.717) is 5.82 Å². The third-order valence-electron chi connectivity index (χ3n) is 2.66. The molecule has 19 heavy (non-hydrogen) atoms. The van der Waals surface area contributed by atoms with Gasteiger partial charge < -0.3 is 10.4 Å². The molecule has 0 aliphatic carbocycles. The van der Waals surface area contributed by atoms with Crippen molar-refractivity contribution in [2.75, 3.05) is 11.9 Å². The number of nitrogens with zero attached hydrogens (tertiary/aromatic N) is 2. The van der Waals surface area contributed by atoms with Gasteiger partial charge >= 0.3 is 0 Å². The number of anilines is 1. The predicted molar refractivity (Wildman–Crippen MR) is 80.4 cm³/mol. The van der Waals surface area contributed by atoms with E-state index >= 15 is 0 Å². The minimum absolute atomic E-state index is 0.213. The van der Waals surface area contributed by atoms with Crippen molar-refractivity contribution in [1.82, 2.24) is 9.97 Å². The van der Waals surface area contributed by atoms with Crippen LogP contribution in [0.1, 0.15) is 19.0 Å². The van der Waals surface area contributed by atoms with Crippen molar-refractivity contribution in [3.05, 3.63) is 34.4 Å². The third kappa shape index (κ3) is 3.23. The predicted octanol–water partition coefficient (Wildman–Crippen LogP) is 3.74. The van der Waals surface area contributed by atoms with Crippen LogP contribution in [-0.2, 0) is 0 Å². The second kappa shape index (κ2) is 6.02. The van der Waals surface area contributed by atoms with E-state index in [1.54, 1.807) is 18.2 Å². The Hall–Kier alpha value is -1.62. The van der Waals surface area contributed by atoms with Crippen molar-refractivity contribution in [3.8, 4) is 17.1 Å². The lowest BCUT2D eigenvalue weighted by atomic mass is 10.2. The third-order valence-corrected chi connectivity index (χ3v) is 3.61. The lowest BCUT2D eigenvalue weighted by molar-refractivity contribution is 0.475. The molecule has 0 spiro atoms. The summed E-state index contributed by atoms with van der Waals surface area (Å²) in [5.41, 5.74) is 1.67. The van der Waals surface area contributed by atoms with Crippen LogP contribution >= 0.6 is 15.9 Å². The molecule has 2 N–H and O–H groups in total. The van der Waals surface area contributed by atoms with Gasteiger partial charge in [-0.1, -0.05) is 19.1 Å². The number of rotatable bonds is 4. The molecule has 0 radical (unpaired) electrons. The van der Waals surface area contributed by atoms with E-state index in [2.05, 4.69) is 38.1 Å². The summed E-state index contributed by atoms with van der Waals surface area (Å²) in [4.78, 5) is 8.95. The molecular formula is C14H16BrN3O. The van der Waals surface area contributed by atoms with E-state index in [1.807, 2.05) is 13.0 Å². The Morgan fingerprint density at radius 3 is 2.79 bits per heavy atom.